The van der Waals surface area contributed by atoms with Gasteiger partial charge in [0.25, 0.3) is 5.91 Å². The number of benzene rings is 2. The van der Waals surface area contributed by atoms with Crippen LogP contribution in [0.3, 0.4) is 0 Å². The Hall–Kier alpha value is -3.28. The van der Waals surface area contributed by atoms with Gasteiger partial charge >= 0.3 is 0 Å². The summed E-state index contributed by atoms with van der Waals surface area (Å²) in [5.74, 6) is 1.58. The van der Waals surface area contributed by atoms with Crippen LogP contribution in [0, 0.1) is 0 Å². The number of carbonyl (C=O) groups is 1. The fourth-order valence-corrected chi connectivity index (χ4v) is 2.76. The van der Waals surface area contributed by atoms with Crippen molar-refractivity contribution in [2.45, 2.75) is 6.54 Å². The molecular formula is C19H16N2O4. The maximum Gasteiger partial charge on any atom is 0.270 e. The molecular weight excluding hydrogens is 320 g/mol. The summed E-state index contributed by atoms with van der Waals surface area (Å²) >= 11 is 0. The molecule has 1 aliphatic rings. The predicted molar refractivity (Wildman–Crippen MR) is 92.0 cm³/mol. The topological polar surface area (TPSA) is 69.7 Å². The van der Waals surface area contributed by atoms with E-state index in [-0.39, 0.29) is 12.7 Å². The zero-order valence-corrected chi connectivity index (χ0v) is 13.6. The molecule has 1 aromatic heterocycles. The van der Waals surface area contributed by atoms with Crippen LogP contribution in [0.4, 0.5) is 0 Å². The molecule has 0 radical (unpaired) electrons. The standard InChI is InChI=1S/C19H16N2O4/c1-23-19-14-5-3-2-4-13(14)9-15(21-19)18(22)20-10-12-6-7-16-17(8-12)25-11-24-16/h2-9H,10-11H2,1H3,(H,20,22). The summed E-state index contributed by atoms with van der Waals surface area (Å²) in [7, 11) is 1.54. The molecule has 1 aliphatic heterocycles. The average Bonchev–Trinajstić information content (AvgIpc) is 3.13. The molecule has 25 heavy (non-hydrogen) atoms. The molecule has 0 bridgehead atoms. The predicted octanol–water partition coefficient (Wildman–Crippen LogP) is 2.90. The first-order valence-corrected chi connectivity index (χ1v) is 7.85. The van der Waals surface area contributed by atoms with Crippen LogP contribution in [0.1, 0.15) is 16.1 Å². The molecule has 0 aliphatic carbocycles. The summed E-state index contributed by atoms with van der Waals surface area (Å²) < 4.78 is 15.9. The lowest BCUT2D eigenvalue weighted by molar-refractivity contribution is 0.0945. The SMILES string of the molecule is COc1nc(C(=O)NCc2ccc3c(c2)OCO3)cc2ccccc12. The van der Waals surface area contributed by atoms with Gasteiger partial charge in [-0.2, -0.15) is 0 Å². The third-order valence-corrected chi connectivity index (χ3v) is 4.02. The maximum absolute atomic E-state index is 12.5. The van der Waals surface area contributed by atoms with Crippen molar-refractivity contribution in [3.63, 3.8) is 0 Å². The van der Waals surface area contributed by atoms with Crippen LogP contribution >= 0.6 is 0 Å². The number of aromatic nitrogens is 1. The fourth-order valence-electron chi connectivity index (χ4n) is 2.76. The van der Waals surface area contributed by atoms with Crippen molar-refractivity contribution < 1.29 is 19.0 Å². The number of methoxy groups -OCH3 is 1. The van der Waals surface area contributed by atoms with Gasteiger partial charge in [0, 0.05) is 11.9 Å². The minimum Gasteiger partial charge on any atom is -0.481 e. The van der Waals surface area contributed by atoms with Crippen LogP contribution in [-0.4, -0.2) is 24.8 Å². The first-order valence-electron chi connectivity index (χ1n) is 7.85. The summed E-state index contributed by atoms with van der Waals surface area (Å²) in [6.45, 7) is 0.595. The van der Waals surface area contributed by atoms with Gasteiger partial charge in [0.1, 0.15) is 5.69 Å². The van der Waals surface area contributed by atoms with Gasteiger partial charge in [0.05, 0.1) is 7.11 Å². The van der Waals surface area contributed by atoms with Crippen LogP contribution in [-0.2, 0) is 6.54 Å². The Morgan fingerprint density at radius 1 is 1.16 bits per heavy atom. The normalized spacial score (nSPS) is 12.2. The van der Waals surface area contributed by atoms with E-state index in [9.17, 15) is 4.79 Å². The first-order chi connectivity index (χ1) is 12.2. The highest BCUT2D eigenvalue weighted by atomic mass is 16.7. The third-order valence-electron chi connectivity index (χ3n) is 4.02. The van der Waals surface area contributed by atoms with Crippen LogP contribution < -0.4 is 19.5 Å². The lowest BCUT2D eigenvalue weighted by Gasteiger charge is -2.09. The Kier molecular flexibility index (Phi) is 3.85. The third kappa shape index (κ3) is 2.94. The Labute approximate surface area is 144 Å². The molecule has 2 aromatic carbocycles. The summed E-state index contributed by atoms with van der Waals surface area (Å²) in [6.07, 6.45) is 0. The first kappa shape index (κ1) is 15.3. The highest BCUT2D eigenvalue weighted by Gasteiger charge is 2.15. The molecule has 126 valence electrons. The second kappa shape index (κ2) is 6.32. The summed E-state index contributed by atoms with van der Waals surface area (Å²) in [5, 5.41) is 4.65. The number of carbonyl (C=O) groups excluding carboxylic acids is 1. The molecule has 1 amide bonds. The average molecular weight is 336 g/mol. The van der Waals surface area contributed by atoms with E-state index in [1.807, 2.05) is 42.5 Å². The van der Waals surface area contributed by atoms with E-state index in [4.69, 9.17) is 14.2 Å². The van der Waals surface area contributed by atoms with Gasteiger partial charge in [-0.05, 0) is 35.2 Å². The molecule has 0 saturated carbocycles. The zero-order valence-electron chi connectivity index (χ0n) is 13.6. The van der Waals surface area contributed by atoms with Gasteiger partial charge in [0.2, 0.25) is 12.7 Å². The summed E-state index contributed by atoms with van der Waals surface area (Å²) in [5.41, 5.74) is 1.24. The number of hydrogen-bond acceptors (Lipinski definition) is 5. The zero-order chi connectivity index (χ0) is 17.2. The van der Waals surface area contributed by atoms with E-state index in [1.165, 1.54) is 0 Å². The summed E-state index contributed by atoms with van der Waals surface area (Å²) in [4.78, 5) is 16.8. The number of fused-ring (bicyclic) bond motifs is 2. The Bertz CT molecular complexity index is 955. The van der Waals surface area contributed by atoms with Gasteiger partial charge in [-0.25, -0.2) is 4.98 Å². The number of nitrogens with one attached hydrogen (secondary N) is 1. The summed E-state index contributed by atoms with van der Waals surface area (Å²) in [6, 6.07) is 15.0. The van der Waals surface area contributed by atoms with Crippen LogP contribution in [0.5, 0.6) is 17.4 Å². The molecule has 0 unspecified atom stereocenters. The number of ether oxygens (including phenoxy) is 3. The maximum atomic E-state index is 12.5. The van der Waals surface area contributed by atoms with Gasteiger partial charge in [-0.3, -0.25) is 4.79 Å². The van der Waals surface area contributed by atoms with Gasteiger partial charge in [-0.15, -0.1) is 0 Å². The molecule has 1 N–H and O–H groups in total. The van der Waals surface area contributed by atoms with Crippen molar-refractivity contribution in [1.29, 1.82) is 0 Å². The quantitative estimate of drug-likeness (QED) is 0.793. The lowest BCUT2D eigenvalue weighted by Crippen LogP contribution is -2.24. The van der Waals surface area contributed by atoms with E-state index in [2.05, 4.69) is 10.3 Å². The molecule has 0 saturated heterocycles. The molecule has 6 nitrogen and oxygen atoms in total. The van der Waals surface area contributed by atoms with Crippen LogP contribution in [0.15, 0.2) is 48.5 Å². The van der Waals surface area contributed by atoms with Crippen molar-refractivity contribution in [3.05, 3.63) is 59.8 Å². The van der Waals surface area contributed by atoms with E-state index in [1.54, 1.807) is 13.2 Å². The van der Waals surface area contributed by atoms with E-state index in [0.717, 1.165) is 22.1 Å². The number of amides is 1. The molecule has 0 atom stereocenters. The monoisotopic (exact) mass is 336 g/mol. The number of hydrogen-bond donors (Lipinski definition) is 1. The highest BCUT2D eigenvalue weighted by Crippen LogP contribution is 2.32. The number of pyridine rings is 1. The van der Waals surface area contributed by atoms with Crippen LogP contribution in [0.2, 0.25) is 0 Å². The van der Waals surface area contributed by atoms with Crippen molar-refractivity contribution in [2.24, 2.45) is 0 Å². The van der Waals surface area contributed by atoms with E-state index >= 15 is 0 Å². The molecule has 3 aromatic rings. The minimum atomic E-state index is -0.262. The Balaban J connectivity index is 1.54. The minimum absolute atomic E-state index is 0.228. The van der Waals surface area contributed by atoms with Gasteiger partial charge < -0.3 is 19.5 Å². The van der Waals surface area contributed by atoms with Crippen molar-refractivity contribution in [3.8, 4) is 17.4 Å². The number of nitrogens with zero attached hydrogens (tertiary/aromatic N) is 1. The number of rotatable bonds is 4. The lowest BCUT2D eigenvalue weighted by atomic mass is 10.1. The van der Waals surface area contributed by atoms with Gasteiger partial charge in [0.15, 0.2) is 11.5 Å². The second-order valence-corrected chi connectivity index (χ2v) is 5.61. The molecule has 0 fully saturated rings. The molecule has 4 rings (SSSR count). The highest BCUT2D eigenvalue weighted by molar-refractivity contribution is 5.98. The molecule has 2 heterocycles. The van der Waals surface area contributed by atoms with E-state index < -0.39 is 0 Å². The fraction of sp³-hybridized carbons (Fsp3) is 0.158. The Morgan fingerprint density at radius 3 is 2.88 bits per heavy atom. The smallest absolute Gasteiger partial charge is 0.270 e. The largest absolute Gasteiger partial charge is 0.481 e. The van der Waals surface area contributed by atoms with Crippen molar-refractivity contribution in [2.75, 3.05) is 13.9 Å². The van der Waals surface area contributed by atoms with Crippen molar-refractivity contribution >= 4 is 16.7 Å². The van der Waals surface area contributed by atoms with Crippen molar-refractivity contribution in [1.82, 2.24) is 10.3 Å². The molecule has 0 spiro atoms. The Morgan fingerprint density at radius 2 is 2.00 bits per heavy atom. The molecule has 6 heteroatoms. The van der Waals surface area contributed by atoms with Gasteiger partial charge in [-0.1, -0.05) is 24.3 Å². The second-order valence-electron chi connectivity index (χ2n) is 5.61. The van der Waals surface area contributed by atoms with Crippen LogP contribution in [0.25, 0.3) is 10.8 Å². The van der Waals surface area contributed by atoms with E-state index in [0.29, 0.717) is 23.9 Å².